The lowest BCUT2D eigenvalue weighted by atomic mass is 9.90. The molecule has 0 aromatic carbocycles. The summed E-state index contributed by atoms with van der Waals surface area (Å²) in [7, 11) is 0. The van der Waals surface area contributed by atoms with Crippen LogP contribution in [0.4, 0.5) is 0 Å². The summed E-state index contributed by atoms with van der Waals surface area (Å²) < 4.78 is 2.56. The monoisotopic (exact) mass is 313 g/mol. The van der Waals surface area contributed by atoms with E-state index in [2.05, 4.69) is 34.8 Å². The standard InChI is InChI=1S/C18H23N3S/c1-11-9-14(12(2)20(11)13-7-8-13)17-10-22-18-19-15-5-3-4-6-16(15)21(17)18/h9-10,13,15-16H,3-8H2,1-2H3/t15-,16-/m0/s1. The Morgan fingerprint density at radius 1 is 1.14 bits per heavy atom. The van der Waals surface area contributed by atoms with E-state index in [1.54, 1.807) is 0 Å². The van der Waals surface area contributed by atoms with Crippen LogP contribution in [-0.4, -0.2) is 26.7 Å². The SMILES string of the molecule is Cc1cc(C2=CSC3=N[C@H]4CCCC[C@@H]4N23)c(C)n1C1CC1. The van der Waals surface area contributed by atoms with E-state index in [1.807, 2.05) is 11.8 Å². The maximum atomic E-state index is 5.00. The summed E-state index contributed by atoms with van der Waals surface area (Å²) in [4.78, 5) is 7.56. The fraction of sp³-hybridized carbons (Fsp3) is 0.611. The summed E-state index contributed by atoms with van der Waals surface area (Å²) in [6, 6.07) is 4.33. The van der Waals surface area contributed by atoms with Crippen LogP contribution in [-0.2, 0) is 0 Å². The molecule has 2 aliphatic heterocycles. The minimum Gasteiger partial charge on any atom is -0.345 e. The molecular weight excluding hydrogens is 290 g/mol. The second kappa shape index (κ2) is 4.67. The summed E-state index contributed by atoms with van der Waals surface area (Å²) in [6.45, 7) is 4.57. The number of aryl methyl sites for hydroxylation is 1. The predicted octanol–water partition coefficient (Wildman–Crippen LogP) is 4.47. The third-order valence-electron chi connectivity index (χ3n) is 5.72. The number of aliphatic imine (C=N–C) groups is 1. The van der Waals surface area contributed by atoms with Gasteiger partial charge in [-0.1, -0.05) is 24.6 Å². The average Bonchev–Trinajstić information content (AvgIpc) is 3.04. The molecule has 0 bridgehead atoms. The third kappa shape index (κ3) is 1.79. The predicted molar refractivity (Wildman–Crippen MR) is 93.1 cm³/mol. The molecule has 1 aromatic rings. The van der Waals surface area contributed by atoms with E-state index in [0.29, 0.717) is 12.1 Å². The Bertz CT molecular complexity index is 695. The molecular formula is C18H23N3S. The molecule has 5 rings (SSSR count). The van der Waals surface area contributed by atoms with Crippen LogP contribution in [0.1, 0.15) is 61.5 Å². The van der Waals surface area contributed by atoms with Gasteiger partial charge in [-0.2, -0.15) is 0 Å². The zero-order valence-electron chi connectivity index (χ0n) is 13.4. The maximum Gasteiger partial charge on any atom is 0.168 e. The number of amidine groups is 1. The molecule has 22 heavy (non-hydrogen) atoms. The zero-order valence-corrected chi connectivity index (χ0v) is 14.2. The topological polar surface area (TPSA) is 20.5 Å². The molecule has 116 valence electrons. The summed E-state index contributed by atoms with van der Waals surface area (Å²) in [5.74, 6) is 0. The highest BCUT2D eigenvalue weighted by Gasteiger charge is 2.43. The molecule has 0 amide bonds. The van der Waals surface area contributed by atoms with Gasteiger partial charge in [0.25, 0.3) is 0 Å². The van der Waals surface area contributed by atoms with Crippen LogP contribution < -0.4 is 0 Å². The molecule has 0 saturated heterocycles. The van der Waals surface area contributed by atoms with Crippen LogP contribution >= 0.6 is 11.8 Å². The fourth-order valence-corrected chi connectivity index (χ4v) is 5.55. The average molecular weight is 313 g/mol. The van der Waals surface area contributed by atoms with Gasteiger partial charge in [0.1, 0.15) is 0 Å². The van der Waals surface area contributed by atoms with Crippen molar-refractivity contribution in [2.24, 2.45) is 4.99 Å². The lowest BCUT2D eigenvalue weighted by Gasteiger charge is -2.32. The van der Waals surface area contributed by atoms with Gasteiger partial charge in [-0.3, -0.25) is 4.99 Å². The number of thioether (sulfide) groups is 1. The van der Waals surface area contributed by atoms with Crippen LogP contribution in [0.5, 0.6) is 0 Å². The molecule has 1 aromatic heterocycles. The summed E-state index contributed by atoms with van der Waals surface area (Å²) in [5.41, 5.74) is 5.73. The first-order valence-corrected chi connectivity index (χ1v) is 9.54. The van der Waals surface area contributed by atoms with E-state index in [-0.39, 0.29) is 0 Å². The highest BCUT2D eigenvalue weighted by molar-refractivity contribution is 8.16. The number of hydrogen-bond donors (Lipinski definition) is 0. The van der Waals surface area contributed by atoms with Crippen molar-refractivity contribution in [2.75, 3.05) is 0 Å². The molecule has 2 saturated carbocycles. The van der Waals surface area contributed by atoms with Gasteiger partial charge >= 0.3 is 0 Å². The Morgan fingerprint density at radius 2 is 1.95 bits per heavy atom. The Morgan fingerprint density at radius 3 is 2.77 bits per heavy atom. The quantitative estimate of drug-likeness (QED) is 0.803. The smallest absolute Gasteiger partial charge is 0.168 e. The van der Waals surface area contributed by atoms with E-state index in [0.717, 1.165) is 6.04 Å². The first-order chi connectivity index (χ1) is 10.7. The first-order valence-electron chi connectivity index (χ1n) is 8.66. The van der Waals surface area contributed by atoms with Crippen molar-refractivity contribution < 1.29 is 0 Å². The summed E-state index contributed by atoms with van der Waals surface area (Å²) in [5, 5.41) is 3.59. The Hall–Kier alpha value is -1.16. The molecule has 3 nitrogen and oxygen atoms in total. The van der Waals surface area contributed by atoms with Crippen LogP contribution in [0.3, 0.4) is 0 Å². The largest absolute Gasteiger partial charge is 0.345 e. The van der Waals surface area contributed by atoms with Gasteiger partial charge < -0.3 is 9.47 Å². The van der Waals surface area contributed by atoms with Gasteiger partial charge in [0, 0.05) is 28.4 Å². The van der Waals surface area contributed by atoms with Gasteiger partial charge in [-0.15, -0.1) is 0 Å². The van der Waals surface area contributed by atoms with Crippen molar-refractivity contribution in [3.05, 3.63) is 28.4 Å². The van der Waals surface area contributed by atoms with E-state index in [1.165, 1.54) is 66.3 Å². The van der Waals surface area contributed by atoms with Crippen molar-refractivity contribution in [1.29, 1.82) is 0 Å². The zero-order chi connectivity index (χ0) is 14.8. The van der Waals surface area contributed by atoms with Gasteiger partial charge in [0.15, 0.2) is 5.17 Å². The van der Waals surface area contributed by atoms with E-state index >= 15 is 0 Å². The minimum absolute atomic E-state index is 0.548. The Kier molecular flexibility index (Phi) is 2.82. The minimum atomic E-state index is 0.548. The van der Waals surface area contributed by atoms with Gasteiger partial charge in [0.2, 0.25) is 0 Å². The molecule has 4 aliphatic rings. The van der Waals surface area contributed by atoms with Crippen molar-refractivity contribution in [3.8, 4) is 0 Å². The third-order valence-corrected chi connectivity index (χ3v) is 6.57. The first kappa shape index (κ1) is 13.3. The molecule has 2 atom stereocenters. The van der Waals surface area contributed by atoms with Crippen LogP contribution in [0, 0.1) is 13.8 Å². The van der Waals surface area contributed by atoms with Gasteiger partial charge in [-0.25, -0.2) is 0 Å². The fourth-order valence-electron chi connectivity index (χ4n) is 4.55. The number of rotatable bonds is 2. The highest BCUT2D eigenvalue weighted by atomic mass is 32.2. The Labute approximate surface area is 136 Å². The molecule has 4 heteroatoms. The van der Waals surface area contributed by atoms with E-state index in [9.17, 15) is 0 Å². The Balaban J connectivity index is 1.54. The van der Waals surface area contributed by atoms with Crippen LogP contribution in [0.15, 0.2) is 16.5 Å². The van der Waals surface area contributed by atoms with Crippen LogP contribution in [0.25, 0.3) is 5.70 Å². The molecule has 0 radical (unpaired) electrons. The number of nitrogens with zero attached hydrogens (tertiary/aromatic N) is 3. The molecule has 0 spiro atoms. The van der Waals surface area contributed by atoms with Crippen LogP contribution in [0.2, 0.25) is 0 Å². The van der Waals surface area contributed by atoms with E-state index in [4.69, 9.17) is 4.99 Å². The van der Waals surface area contributed by atoms with Crippen molar-refractivity contribution in [1.82, 2.24) is 9.47 Å². The van der Waals surface area contributed by atoms with Gasteiger partial charge in [0.05, 0.1) is 17.8 Å². The second-order valence-electron chi connectivity index (χ2n) is 7.21. The normalized spacial score (nSPS) is 30.2. The molecule has 0 N–H and O–H groups in total. The number of aromatic nitrogens is 1. The van der Waals surface area contributed by atoms with Gasteiger partial charge in [-0.05, 0) is 45.6 Å². The maximum absolute atomic E-state index is 5.00. The van der Waals surface area contributed by atoms with Crippen molar-refractivity contribution in [3.63, 3.8) is 0 Å². The molecule has 2 fully saturated rings. The number of fused-ring (bicyclic) bond motifs is 3. The van der Waals surface area contributed by atoms with E-state index < -0.39 is 0 Å². The number of hydrogen-bond acceptors (Lipinski definition) is 3. The lowest BCUT2D eigenvalue weighted by Crippen LogP contribution is -2.38. The lowest BCUT2D eigenvalue weighted by molar-refractivity contribution is 0.305. The summed E-state index contributed by atoms with van der Waals surface area (Å²) in [6.07, 6.45) is 8.00. The second-order valence-corrected chi connectivity index (χ2v) is 8.04. The van der Waals surface area contributed by atoms with Crippen molar-refractivity contribution in [2.45, 2.75) is 70.5 Å². The molecule has 2 aliphatic carbocycles. The summed E-state index contributed by atoms with van der Waals surface area (Å²) >= 11 is 1.83. The molecule has 3 heterocycles. The highest BCUT2D eigenvalue weighted by Crippen LogP contribution is 2.46. The van der Waals surface area contributed by atoms with Crippen molar-refractivity contribution >= 4 is 22.6 Å². The molecule has 0 unspecified atom stereocenters.